The lowest BCUT2D eigenvalue weighted by atomic mass is 9.97. The van der Waals surface area contributed by atoms with E-state index in [1.807, 2.05) is 0 Å². The number of hydrogen-bond donors (Lipinski definition) is 2. The molecular weight excluding hydrogens is 182 g/mol. The Labute approximate surface area is 84.6 Å². The van der Waals surface area contributed by atoms with Gasteiger partial charge in [-0.3, -0.25) is 4.79 Å². The number of rotatable bonds is 3. The van der Waals surface area contributed by atoms with Gasteiger partial charge in [-0.25, -0.2) is 0 Å². The van der Waals surface area contributed by atoms with Crippen LogP contribution in [0.3, 0.4) is 0 Å². The van der Waals surface area contributed by atoms with Crippen LogP contribution >= 0.6 is 0 Å². The lowest BCUT2D eigenvalue weighted by Crippen LogP contribution is -2.29. The summed E-state index contributed by atoms with van der Waals surface area (Å²) < 4.78 is 5.54. The van der Waals surface area contributed by atoms with Crippen LogP contribution in [0, 0.1) is 11.8 Å². The second-order valence-electron chi connectivity index (χ2n) is 4.22. The van der Waals surface area contributed by atoms with Crippen molar-refractivity contribution in [3.63, 3.8) is 0 Å². The third kappa shape index (κ3) is 3.64. The van der Waals surface area contributed by atoms with Gasteiger partial charge >= 0.3 is 5.97 Å². The summed E-state index contributed by atoms with van der Waals surface area (Å²) in [5, 5.41) is 11.9. The van der Waals surface area contributed by atoms with Crippen LogP contribution in [-0.2, 0) is 9.53 Å². The predicted molar refractivity (Wildman–Crippen MR) is 53.2 cm³/mol. The Bertz CT molecular complexity index is 194. The van der Waals surface area contributed by atoms with Crippen LogP contribution in [0.1, 0.15) is 20.3 Å². The molecule has 0 amide bonds. The summed E-state index contributed by atoms with van der Waals surface area (Å²) in [5.41, 5.74) is 0. The van der Waals surface area contributed by atoms with Crippen LogP contribution in [0.4, 0.5) is 0 Å². The highest BCUT2D eigenvalue weighted by atomic mass is 16.5. The monoisotopic (exact) mass is 201 g/mol. The van der Waals surface area contributed by atoms with Crippen LogP contribution in [0.2, 0.25) is 0 Å². The van der Waals surface area contributed by atoms with E-state index in [1.165, 1.54) is 0 Å². The second kappa shape index (κ2) is 5.32. The summed E-state index contributed by atoms with van der Waals surface area (Å²) in [6.45, 7) is 6.56. The van der Waals surface area contributed by atoms with Gasteiger partial charge in [-0.2, -0.15) is 0 Å². The molecule has 1 aliphatic rings. The van der Waals surface area contributed by atoms with Gasteiger partial charge in [0.2, 0.25) is 0 Å². The quantitative estimate of drug-likeness (QED) is 0.706. The van der Waals surface area contributed by atoms with E-state index < -0.39 is 5.97 Å². The van der Waals surface area contributed by atoms with Crippen molar-refractivity contribution in [3.8, 4) is 0 Å². The van der Waals surface area contributed by atoms with Gasteiger partial charge in [0.05, 0.1) is 19.1 Å². The molecule has 2 N–H and O–H groups in total. The van der Waals surface area contributed by atoms with Crippen molar-refractivity contribution in [1.82, 2.24) is 5.32 Å². The van der Waals surface area contributed by atoms with Gasteiger partial charge in [0.15, 0.2) is 0 Å². The van der Waals surface area contributed by atoms with Crippen LogP contribution in [0.15, 0.2) is 0 Å². The highest BCUT2D eigenvalue weighted by Gasteiger charge is 2.22. The minimum absolute atomic E-state index is 0.0951. The van der Waals surface area contributed by atoms with Gasteiger partial charge in [0, 0.05) is 13.1 Å². The van der Waals surface area contributed by atoms with E-state index in [4.69, 9.17) is 9.84 Å². The van der Waals surface area contributed by atoms with Crippen molar-refractivity contribution < 1.29 is 14.6 Å². The molecule has 0 aromatic carbocycles. The van der Waals surface area contributed by atoms with Crippen LogP contribution in [-0.4, -0.2) is 36.9 Å². The van der Waals surface area contributed by atoms with Crippen molar-refractivity contribution in [2.75, 3.05) is 19.7 Å². The summed E-state index contributed by atoms with van der Waals surface area (Å²) in [7, 11) is 0. The average molecular weight is 201 g/mol. The van der Waals surface area contributed by atoms with E-state index in [9.17, 15) is 4.79 Å². The van der Waals surface area contributed by atoms with E-state index in [2.05, 4.69) is 19.2 Å². The molecule has 0 spiro atoms. The largest absolute Gasteiger partial charge is 0.481 e. The summed E-state index contributed by atoms with van der Waals surface area (Å²) in [6.07, 6.45) is -0.0751. The summed E-state index contributed by atoms with van der Waals surface area (Å²) in [6, 6.07) is 0. The molecule has 4 nitrogen and oxygen atoms in total. The molecule has 1 rings (SSSR count). The fourth-order valence-electron chi connectivity index (χ4n) is 1.56. The zero-order valence-corrected chi connectivity index (χ0v) is 8.82. The number of aliphatic carboxylic acids is 1. The normalized spacial score (nSPS) is 28.8. The van der Waals surface area contributed by atoms with E-state index >= 15 is 0 Å². The summed E-state index contributed by atoms with van der Waals surface area (Å²) >= 11 is 0. The molecule has 0 radical (unpaired) electrons. The number of ether oxygens (including phenoxy) is 1. The number of carboxylic acids is 1. The molecule has 1 aliphatic heterocycles. The van der Waals surface area contributed by atoms with Crippen molar-refractivity contribution in [2.45, 2.75) is 26.4 Å². The highest BCUT2D eigenvalue weighted by molar-refractivity contribution is 5.67. The van der Waals surface area contributed by atoms with Gasteiger partial charge in [0.1, 0.15) is 0 Å². The first-order chi connectivity index (χ1) is 6.59. The Morgan fingerprint density at radius 3 is 2.86 bits per heavy atom. The fourth-order valence-corrected chi connectivity index (χ4v) is 1.56. The van der Waals surface area contributed by atoms with Gasteiger partial charge in [-0.05, 0) is 11.8 Å². The topological polar surface area (TPSA) is 58.6 Å². The molecule has 0 bridgehead atoms. The smallest absolute Gasteiger partial charge is 0.306 e. The number of carbonyl (C=O) groups is 1. The van der Waals surface area contributed by atoms with E-state index in [0.717, 1.165) is 6.54 Å². The maximum absolute atomic E-state index is 10.5. The molecule has 82 valence electrons. The Balaban J connectivity index is 2.36. The van der Waals surface area contributed by atoms with E-state index in [-0.39, 0.29) is 12.5 Å². The number of hydrogen-bond acceptors (Lipinski definition) is 3. The van der Waals surface area contributed by atoms with Crippen LogP contribution in [0.5, 0.6) is 0 Å². The first-order valence-corrected chi connectivity index (χ1v) is 5.13. The molecule has 2 unspecified atom stereocenters. The van der Waals surface area contributed by atoms with Crippen molar-refractivity contribution in [1.29, 1.82) is 0 Å². The zero-order valence-electron chi connectivity index (χ0n) is 8.82. The van der Waals surface area contributed by atoms with Gasteiger partial charge in [-0.15, -0.1) is 0 Å². The van der Waals surface area contributed by atoms with Crippen LogP contribution < -0.4 is 5.32 Å². The third-order valence-corrected chi connectivity index (χ3v) is 2.67. The highest BCUT2D eigenvalue weighted by Crippen LogP contribution is 2.14. The number of nitrogens with one attached hydrogen (secondary N) is 1. The molecule has 0 aromatic heterocycles. The zero-order chi connectivity index (χ0) is 10.6. The molecule has 4 heteroatoms. The molecule has 0 saturated carbocycles. The lowest BCUT2D eigenvalue weighted by molar-refractivity contribution is -0.140. The Morgan fingerprint density at radius 1 is 1.57 bits per heavy atom. The van der Waals surface area contributed by atoms with Crippen molar-refractivity contribution in [2.24, 2.45) is 11.8 Å². The molecule has 1 saturated heterocycles. The maximum Gasteiger partial charge on any atom is 0.306 e. The molecule has 1 fully saturated rings. The maximum atomic E-state index is 10.5. The summed E-state index contributed by atoms with van der Waals surface area (Å²) in [5.74, 6) is 0.277. The minimum Gasteiger partial charge on any atom is -0.481 e. The van der Waals surface area contributed by atoms with Gasteiger partial charge < -0.3 is 15.2 Å². The SMILES string of the molecule is CC(C)C1CNCC(CC(=O)O)OC1. The molecule has 0 aliphatic carbocycles. The Kier molecular flexibility index (Phi) is 4.35. The number of carboxylic acid groups (broad SMARTS) is 1. The van der Waals surface area contributed by atoms with E-state index in [0.29, 0.717) is 25.0 Å². The summed E-state index contributed by atoms with van der Waals surface area (Å²) in [4.78, 5) is 10.5. The Hall–Kier alpha value is -0.610. The fraction of sp³-hybridized carbons (Fsp3) is 0.900. The third-order valence-electron chi connectivity index (χ3n) is 2.67. The first-order valence-electron chi connectivity index (χ1n) is 5.13. The first kappa shape index (κ1) is 11.5. The second-order valence-corrected chi connectivity index (χ2v) is 4.22. The molecule has 2 atom stereocenters. The van der Waals surface area contributed by atoms with E-state index in [1.54, 1.807) is 0 Å². The standard InChI is InChI=1S/C10H19NO3/c1-7(2)8-4-11-5-9(14-6-8)3-10(12)13/h7-9,11H,3-6H2,1-2H3,(H,12,13). The molecule has 0 aromatic rings. The molecule has 1 heterocycles. The average Bonchev–Trinajstić information content (AvgIpc) is 2.28. The van der Waals surface area contributed by atoms with Crippen molar-refractivity contribution >= 4 is 5.97 Å². The lowest BCUT2D eigenvalue weighted by Gasteiger charge is -2.18. The van der Waals surface area contributed by atoms with Gasteiger partial charge in [0.25, 0.3) is 0 Å². The van der Waals surface area contributed by atoms with Crippen molar-refractivity contribution in [3.05, 3.63) is 0 Å². The van der Waals surface area contributed by atoms with Gasteiger partial charge in [-0.1, -0.05) is 13.8 Å². The van der Waals surface area contributed by atoms with Crippen LogP contribution in [0.25, 0.3) is 0 Å². The molecule has 14 heavy (non-hydrogen) atoms. The molecular formula is C10H19NO3. The predicted octanol–water partition coefficient (Wildman–Crippen LogP) is 0.722. The Morgan fingerprint density at radius 2 is 2.29 bits per heavy atom. The minimum atomic E-state index is -0.792.